The van der Waals surface area contributed by atoms with Gasteiger partial charge in [0.1, 0.15) is 5.75 Å². The van der Waals surface area contributed by atoms with E-state index in [1.165, 1.54) is 26.5 Å². The Balaban J connectivity index is 2.28. The minimum absolute atomic E-state index is 0.0912. The summed E-state index contributed by atoms with van der Waals surface area (Å²) in [6.45, 7) is 0. The van der Waals surface area contributed by atoms with Crippen LogP contribution in [0.3, 0.4) is 0 Å². The van der Waals surface area contributed by atoms with Gasteiger partial charge in [0.05, 0.1) is 19.9 Å². The Morgan fingerprint density at radius 2 is 2.05 bits per heavy atom. The van der Waals surface area contributed by atoms with Gasteiger partial charge in [-0.3, -0.25) is 0 Å². The maximum atomic E-state index is 11.3. The van der Waals surface area contributed by atoms with Crippen LogP contribution in [0.2, 0.25) is 0 Å². The number of rotatable bonds is 4. The molecule has 1 heterocycles. The summed E-state index contributed by atoms with van der Waals surface area (Å²) in [5.41, 5.74) is 6.22. The lowest BCUT2D eigenvalue weighted by Gasteiger charge is -2.09. The average Bonchev–Trinajstić information content (AvgIpc) is 2.49. The van der Waals surface area contributed by atoms with E-state index in [9.17, 15) is 4.79 Å². The molecule has 0 aliphatic rings. The SMILES string of the molecule is COC(=O)c1nccc(Oc2cc(OC)ccc2N)n1. The molecule has 104 valence electrons. The van der Waals surface area contributed by atoms with Crippen LogP contribution in [0.25, 0.3) is 0 Å². The highest BCUT2D eigenvalue weighted by Gasteiger charge is 2.11. The Morgan fingerprint density at radius 3 is 2.75 bits per heavy atom. The highest BCUT2D eigenvalue weighted by Crippen LogP contribution is 2.30. The van der Waals surface area contributed by atoms with E-state index in [4.69, 9.17) is 15.2 Å². The Hall–Kier alpha value is -2.83. The molecule has 0 saturated carbocycles. The Kier molecular flexibility index (Phi) is 3.99. The minimum atomic E-state index is -0.644. The number of aromatic nitrogens is 2. The fourth-order valence-corrected chi connectivity index (χ4v) is 1.43. The first kappa shape index (κ1) is 13.6. The van der Waals surface area contributed by atoms with Crippen molar-refractivity contribution in [3.8, 4) is 17.4 Å². The molecule has 0 radical (unpaired) electrons. The molecule has 20 heavy (non-hydrogen) atoms. The van der Waals surface area contributed by atoms with Crippen molar-refractivity contribution in [3.63, 3.8) is 0 Å². The molecular weight excluding hydrogens is 262 g/mol. The van der Waals surface area contributed by atoms with E-state index in [2.05, 4.69) is 14.7 Å². The van der Waals surface area contributed by atoms with Gasteiger partial charge in [0.15, 0.2) is 5.75 Å². The summed E-state index contributed by atoms with van der Waals surface area (Å²) in [7, 11) is 2.79. The van der Waals surface area contributed by atoms with Crippen molar-refractivity contribution in [1.29, 1.82) is 0 Å². The van der Waals surface area contributed by atoms with Crippen LogP contribution in [-0.4, -0.2) is 30.2 Å². The summed E-state index contributed by atoms with van der Waals surface area (Å²) in [4.78, 5) is 19.1. The van der Waals surface area contributed by atoms with Crippen molar-refractivity contribution in [2.75, 3.05) is 20.0 Å². The zero-order valence-corrected chi connectivity index (χ0v) is 11.0. The normalized spacial score (nSPS) is 9.90. The number of esters is 1. The predicted molar refractivity (Wildman–Crippen MR) is 70.9 cm³/mol. The average molecular weight is 275 g/mol. The zero-order valence-electron chi connectivity index (χ0n) is 11.0. The van der Waals surface area contributed by atoms with Crippen molar-refractivity contribution in [2.24, 2.45) is 0 Å². The summed E-state index contributed by atoms with van der Waals surface area (Å²) >= 11 is 0. The number of carbonyl (C=O) groups excluding carboxylic acids is 1. The maximum Gasteiger partial charge on any atom is 0.376 e. The number of nitrogen functional groups attached to an aromatic ring is 1. The van der Waals surface area contributed by atoms with Gasteiger partial charge in [-0.05, 0) is 12.1 Å². The lowest BCUT2D eigenvalue weighted by Crippen LogP contribution is -2.07. The third kappa shape index (κ3) is 2.94. The number of anilines is 1. The van der Waals surface area contributed by atoms with Gasteiger partial charge in [-0.15, -0.1) is 0 Å². The molecule has 2 N–H and O–H groups in total. The van der Waals surface area contributed by atoms with Crippen molar-refractivity contribution in [1.82, 2.24) is 9.97 Å². The van der Waals surface area contributed by atoms with Gasteiger partial charge in [0, 0.05) is 18.3 Å². The molecule has 1 aromatic heterocycles. The van der Waals surface area contributed by atoms with Crippen LogP contribution in [0.15, 0.2) is 30.5 Å². The lowest BCUT2D eigenvalue weighted by molar-refractivity contribution is 0.0585. The molecule has 0 saturated heterocycles. The molecule has 7 heteroatoms. The monoisotopic (exact) mass is 275 g/mol. The standard InChI is InChI=1S/C13H13N3O4/c1-18-8-3-4-9(14)10(7-8)20-11-5-6-15-12(16-11)13(17)19-2/h3-7H,14H2,1-2H3. The van der Waals surface area contributed by atoms with Crippen LogP contribution in [0, 0.1) is 0 Å². The lowest BCUT2D eigenvalue weighted by atomic mass is 10.3. The van der Waals surface area contributed by atoms with E-state index in [1.54, 1.807) is 18.2 Å². The molecule has 0 amide bonds. The summed E-state index contributed by atoms with van der Waals surface area (Å²) < 4.78 is 15.1. The second kappa shape index (κ2) is 5.87. The number of ether oxygens (including phenoxy) is 3. The second-order valence-corrected chi connectivity index (χ2v) is 3.72. The van der Waals surface area contributed by atoms with Crippen LogP contribution in [0.5, 0.6) is 17.4 Å². The van der Waals surface area contributed by atoms with Crippen LogP contribution < -0.4 is 15.2 Å². The molecule has 2 aromatic rings. The van der Waals surface area contributed by atoms with Crippen LogP contribution >= 0.6 is 0 Å². The highest BCUT2D eigenvalue weighted by molar-refractivity contribution is 5.85. The number of methoxy groups -OCH3 is 2. The number of nitrogens with two attached hydrogens (primary N) is 1. The fourth-order valence-electron chi connectivity index (χ4n) is 1.43. The highest BCUT2D eigenvalue weighted by atomic mass is 16.5. The minimum Gasteiger partial charge on any atom is -0.497 e. The fraction of sp³-hybridized carbons (Fsp3) is 0.154. The molecule has 0 bridgehead atoms. The number of carbonyl (C=O) groups is 1. The van der Waals surface area contributed by atoms with Gasteiger partial charge in [-0.1, -0.05) is 0 Å². The second-order valence-electron chi connectivity index (χ2n) is 3.72. The first-order chi connectivity index (χ1) is 9.63. The largest absolute Gasteiger partial charge is 0.497 e. The van der Waals surface area contributed by atoms with E-state index < -0.39 is 5.97 Å². The van der Waals surface area contributed by atoms with Crippen LogP contribution in [0.4, 0.5) is 5.69 Å². The van der Waals surface area contributed by atoms with Gasteiger partial charge in [-0.2, -0.15) is 4.98 Å². The number of nitrogens with zero attached hydrogens (tertiary/aromatic N) is 2. The predicted octanol–water partition coefficient (Wildman–Crippen LogP) is 1.65. The van der Waals surface area contributed by atoms with Gasteiger partial charge in [0.2, 0.25) is 11.7 Å². The Labute approximate surface area is 115 Å². The van der Waals surface area contributed by atoms with Crippen molar-refractivity contribution >= 4 is 11.7 Å². The molecule has 0 atom stereocenters. The molecule has 2 rings (SSSR count). The summed E-state index contributed by atoms with van der Waals surface area (Å²) in [6.07, 6.45) is 1.39. The molecule has 0 aliphatic heterocycles. The molecule has 0 spiro atoms. The summed E-state index contributed by atoms with van der Waals surface area (Å²) in [5.74, 6) is 0.413. The summed E-state index contributed by atoms with van der Waals surface area (Å²) in [6, 6.07) is 6.49. The third-order valence-electron chi connectivity index (χ3n) is 2.43. The molecule has 1 aromatic carbocycles. The van der Waals surface area contributed by atoms with Gasteiger partial charge < -0.3 is 19.9 Å². The maximum absolute atomic E-state index is 11.3. The number of hydrogen-bond acceptors (Lipinski definition) is 7. The number of hydrogen-bond donors (Lipinski definition) is 1. The van der Waals surface area contributed by atoms with Crippen LogP contribution in [-0.2, 0) is 4.74 Å². The van der Waals surface area contributed by atoms with E-state index in [0.717, 1.165) is 0 Å². The quantitative estimate of drug-likeness (QED) is 0.669. The molecule has 7 nitrogen and oxygen atoms in total. The van der Waals surface area contributed by atoms with E-state index >= 15 is 0 Å². The third-order valence-corrected chi connectivity index (χ3v) is 2.43. The van der Waals surface area contributed by atoms with Gasteiger partial charge in [0.25, 0.3) is 0 Å². The first-order valence-electron chi connectivity index (χ1n) is 5.66. The smallest absolute Gasteiger partial charge is 0.376 e. The van der Waals surface area contributed by atoms with Gasteiger partial charge >= 0.3 is 5.97 Å². The molecule has 0 unspecified atom stereocenters. The molecule has 0 aliphatic carbocycles. The van der Waals surface area contributed by atoms with E-state index in [-0.39, 0.29) is 11.7 Å². The Bertz CT molecular complexity index is 631. The van der Waals surface area contributed by atoms with Gasteiger partial charge in [-0.25, -0.2) is 9.78 Å². The van der Waals surface area contributed by atoms with Crippen molar-refractivity contribution in [2.45, 2.75) is 0 Å². The summed E-state index contributed by atoms with van der Waals surface area (Å²) in [5, 5.41) is 0. The first-order valence-corrected chi connectivity index (χ1v) is 5.66. The van der Waals surface area contributed by atoms with E-state index in [0.29, 0.717) is 17.2 Å². The van der Waals surface area contributed by atoms with Crippen molar-refractivity contribution in [3.05, 3.63) is 36.3 Å². The van der Waals surface area contributed by atoms with E-state index in [1.807, 2.05) is 0 Å². The molecular formula is C13H13N3O4. The van der Waals surface area contributed by atoms with Crippen LogP contribution in [0.1, 0.15) is 10.6 Å². The molecule has 0 fully saturated rings. The van der Waals surface area contributed by atoms with Crippen molar-refractivity contribution < 1.29 is 19.0 Å². The topological polar surface area (TPSA) is 96.6 Å². The zero-order chi connectivity index (χ0) is 14.5. The number of benzene rings is 1. The Morgan fingerprint density at radius 1 is 1.25 bits per heavy atom.